The van der Waals surface area contributed by atoms with Crippen LogP contribution in [0.3, 0.4) is 0 Å². The van der Waals surface area contributed by atoms with Crippen molar-refractivity contribution in [3.63, 3.8) is 0 Å². The van der Waals surface area contributed by atoms with Crippen LogP contribution in [0.5, 0.6) is 0 Å². The lowest BCUT2D eigenvalue weighted by Gasteiger charge is -2.42. The van der Waals surface area contributed by atoms with Crippen LogP contribution in [0.15, 0.2) is 184 Å². The summed E-state index contributed by atoms with van der Waals surface area (Å²) in [4.78, 5) is 12.6. The fourth-order valence-electron chi connectivity index (χ4n) is 13.2. The highest BCUT2D eigenvalue weighted by Crippen LogP contribution is 2.60. The van der Waals surface area contributed by atoms with E-state index in [1.807, 2.05) is 0 Å². The molecule has 1 N–H and O–H groups in total. The van der Waals surface area contributed by atoms with E-state index in [1.165, 1.54) is 58.3 Å². The predicted molar refractivity (Wildman–Crippen MR) is 277 cm³/mol. The van der Waals surface area contributed by atoms with Gasteiger partial charge >= 0.3 is 0 Å². The molecule has 3 heterocycles. The van der Waals surface area contributed by atoms with E-state index in [-0.39, 0.29) is 18.2 Å². The van der Waals surface area contributed by atoms with Gasteiger partial charge in [-0.25, -0.2) is 4.99 Å². The average molecular weight is 883 g/mol. The number of nitrogens with one attached hydrogen (secondary N) is 1. The van der Waals surface area contributed by atoms with Gasteiger partial charge in [0, 0.05) is 47.1 Å². The molecule has 2 saturated heterocycles. The smallest absolute Gasteiger partial charge is 0.131 e. The number of benzene rings is 3. The molecule has 0 radical (unpaired) electrons. The van der Waals surface area contributed by atoms with Crippen LogP contribution in [0.4, 0.5) is 5.69 Å². The summed E-state index contributed by atoms with van der Waals surface area (Å²) in [6, 6.07) is 31.0. The molecule has 11 unspecified atom stereocenters. The second-order valence-electron chi connectivity index (χ2n) is 20.1. The van der Waals surface area contributed by atoms with Crippen LogP contribution < -0.4 is 10.2 Å². The molecular formula is C61H62N4S. The van der Waals surface area contributed by atoms with Crippen molar-refractivity contribution < 1.29 is 0 Å². The number of nitrogens with zero attached hydrogens (tertiary/aromatic N) is 3. The topological polar surface area (TPSA) is 30.9 Å². The molecule has 3 aromatic rings. The minimum Gasteiger partial charge on any atom is -0.361 e. The van der Waals surface area contributed by atoms with Gasteiger partial charge in [0.05, 0.1) is 6.04 Å². The summed E-state index contributed by atoms with van der Waals surface area (Å²) in [7, 11) is 2.30. The molecule has 0 aromatic heterocycles. The number of fused-ring (bicyclic) bond motifs is 6. The quantitative estimate of drug-likeness (QED) is 0.189. The maximum atomic E-state index is 5.62. The Kier molecular flexibility index (Phi) is 11.4. The summed E-state index contributed by atoms with van der Waals surface area (Å²) in [5.74, 6) is 10.1. The van der Waals surface area contributed by atoms with Gasteiger partial charge in [-0.05, 0) is 138 Å². The first-order valence-electron chi connectivity index (χ1n) is 25.0. The third-order valence-corrected chi connectivity index (χ3v) is 17.7. The fourth-order valence-corrected chi connectivity index (χ4v) is 14.7. The summed E-state index contributed by atoms with van der Waals surface area (Å²) in [6.07, 6.45) is 40.8. The van der Waals surface area contributed by atoms with E-state index < -0.39 is 0 Å². The number of hydrogen-bond acceptors (Lipinski definition) is 5. The molecule has 2 fully saturated rings. The SMILES string of the molecule is CC1CC#CC=CC1C1=NC(c2ccccc2)N(C)C(c2cc(C3CC=CC=C3C3=CC=CCC3)ccc2C2=C3C(C=CCC2)SC2=CC4C(CC23)C2C=CCCC2N4c2ccccc2)N1. The van der Waals surface area contributed by atoms with Crippen LogP contribution in [-0.4, -0.2) is 35.1 Å². The molecule has 0 spiro atoms. The van der Waals surface area contributed by atoms with Gasteiger partial charge in [-0.15, -0.1) is 11.8 Å². The summed E-state index contributed by atoms with van der Waals surface area (Å²) in [6.45, 7) is 2.34. The Bertz CT molecular complexity index is 2750. The molecule has 9 aliphatic rings. The molecule has 0 amide bonds. The van der Waals surface area contributed by atoms with Crippen LogP contribution in [0.1, 0.15) is 105 Å². The van der Waals surface area contributed by atoms with E-state index in [2.05, 4.69) is 211 Å². The zero-order chi connectivity index (χ0) is 44.1. The number of anilines is 1. The number of rotatable bonds is 7. The van der Waals surface area contributed by atoms with Crippen LogP contribution in [0, 0.1) is 41.4 Å². The lowest BCUT2D eigenvalue weighted by Crippen LogP contribution is -2.49. The number of amidine groups is 1. The van der Waals surface area contributed by atoms with Crippen molar-refractivity contribution in [2.45, 2.75) is 100 Å². The van der Waals surface area contributed by atoms with Gasteiger partial charge in [0.25, 0.3) is 0 Å². The molecule has 66 heavy (non-hydrogen) atoms. The van der Waals surface area contributed by atoms with Crippen molar-refractivity contribution in [3.05, 3.63) is 202 Å². The van der Waals surface area contributed by atoms with Gasteiger partial charge in [0.15, 0.2) is 0 Å². The molecule has 5 heteroatoms. The third kappa shape index (κ3) is 7.50. The van der Waals surface area contributed by atoms with E-state index in [1.54, 1.807) is 16.1 Å². The lowest BCUT2D eigenvalue weighted by molar-refractivity contribution is 0.148. The zero-order valence-corrected chi connectivity index (χ0v) is 39.3. The predicted octanol–water partition coefficient (Wildman–Crippen LogP) is 13.7. The van der Waals surface area contributed by atoms with Crippen LogP contribution >= 0.6 is 11.8 Å². The number of allylic oxidation sites excluding steroid dienone is 13. The van der Waals surface area contributed by atoms with Crippen molar-refractivity contribution in [1.29, 1.82) is 0 Å². The minimum absolute atomic E-state index is 0.101. The van der Waals surface area contributed by atoms with Gasteiger partial charge in [-0.2, -0.15) is 0 Å². The van der Waals surface area contributed by atoms with E-state index in [4.69, 9.17) is 4.99 Å². The molecule has 12 rings (SSSR count). The molecule has 332 valence electrons. The Balaban J connectivity index is 1.01. The molecular weight excluding hydrogens is 821 g/mol. The minimum atomic E-state index is -0.138. The van der Waals surface area contributed by atoms with Crippen LogP contribution in [0.2, 0.25) is 0 Å². The highest BCUT2D eigenvalue weighted by Gasteiger charge is 2.53. The summed E-state index contributed by atoms with van der Waals surface area (Å²) in [5, 5.41) is 4.54. The molecule has 0 bridgehead atoms. The van der Waals surface area contributed by atoms with Crippen molar-refractivity contribution in [2.24, 2.45) is 34.6 Å². The molecule has 3 aromatic carbocycles. The van der Waals surface area contributed by atoms with Gasteiger partial charge < -0.3 is 10.2 Å². The van der Waals surface area contributed by atoms with E-state index >= 15 is 0 Å². The highest BCUT2D eigenvalue weighted by atomic mass is 32.2. The largest absolute Gasteiger partial charge is 0.361 e. The molecule has 4 nitrogen and oxygen atoms in total. The van der Waals surface area contributed by atoms with Crippen LogP contribution in [0.25, 0.3) is 5.57 Å². The monoisotopic (exact) mass is 882 g/mol. The Labute approximate surface area is 397 Å². The third-order valence-electron chi connectivity index (χ3n) is 16.4. The van der Waals surface area contributed by atoms with Crippen molar-refractivity contribution in [3.8, 4) is 11.8 Å². The Hall–Kier alpha value is -5.54. The first kappa shape index (κ1) is 41.9. The highest BCUT2D eigenvalue weighted by molar-refractivity contribution is 8.04. The van der Waals surface area contributed by atoms with Gasteiger partial charge in [-0.1, -0.05) is 158 Å². The molecule has 6 aliphatic carbocycles. The fraction of sp³-hybridized carbons (Fsp3) is 0.361. The Morgan fingerprint density at radius 3 is 2.52 bits per heavy atom. The van der Waals surface area contributed by atoms with Crippen molar-refractivity contribution in [2.75, 3.05) is 11.9 Å². The van der Waals surface area contributed by atoms with Crippen molar-refractivity contribution >= 4 is 28.9 Å². The van der Waals surface area contributed by atoms with Crippen molar-refractivity contribution in [1.82, 2.24) is 10.2 Å². The van der Waals surface area contributed by atoms with E-state index in [9.17, 15) is 0 Å². The molecule has 11 atom stereocenters. The summed E-state index contributed by atoms with van der Waals surface area (Å²) < 4.78 is 0. The normalized spacial score (nSPS) is 33.2. The molecule has 0 saturated carbocycles. The molecule has 3 aliphatic heterocycles. The number of thioether (sulfide) groups is 1. The van der Waals surface area contributed by atoms with Gasteiger partial charge in [0.1, 0.15) is 18.2 Å². The first-order chi connectivity index (χ1) is 32.6. The van der Waals surface area contributed by atoms with Crippen LogP contribution in [-0.2, 0) is 0 Å². The maximum absolute atomic E-state index is 5.62. The number of para-hydroxylation sites is 1. The standard InChI is InChI=1S/C61H62N4S/c1-40-21-7-3-14-28-45(40)59-62-60(42-24-10-5-11-25-42)64(2)61(63-59)52-37-43(47-30-16-15-29-46(47)41-22-8-4-9-23-41)35-36-48(52)50-32-18-20-34-56-58(50)53-38-51-49-31-17-19-33-54(49)65(44-26-12-6-13-27-44)55(51)39-57(53)66-56/h4-6,8,10-17,20,22,24-29,31,34-37,39-40,45,47,49,51,53-56,60-61H,9,18-19,21,23,30,32-33,38H2,1-2H3,(H,62,63). The lowest BCUT2D eigenvalue weighted by atomic mass is 9.71. The first-order valence-corrected chi connectivity index (χ1v) is 25.9. The number of aliphatic imine (C=N–C) groups is 1. The second-order valence-corrected chi connectivity index (χ2v) is 21.3. The van der Waals surface area contributed by atoms with Gasteiger partial charge in [0.2, 0.25) is 0 Å². The average Bonchev–Trinajstić information content (AvgIpc) is 3.68. The Morgan fingerprint density at radius 1 is 0.818 bits per heavy atom. The number of hydrogen-bond donors (Lipinski definition) is 1. The van der Waals surface area contributed by atoms with E-state index in [0.29, 0.717) is 46.9 Å². The Morgan fingerprint density at radius 2 is 1.65 bits per heavy atom. The van der Waals surface area contributed by atoms with E-state index in [0.717, 1.165) is 44.4 Å². The second kappa shape index (κ2) is 17.9. The summed E-state index contributed by atoms with van der Waals surface area (Å²) in [5.41, 5.74) is 13.0. The zero-order valence-electron chi connectivity index (χ0n) is 38.5. The maximum Gasteiger partial charge on any atom is 0.131 e. The van der Waals surface area contributed by atoms with Gasteiger partial charge in [-0.3, -0.25) is 4.90 Å². The summed E-state index contributed by atoms with van der Waals surface area (Å²) >= 11 is 2.15.